The highest BCUT2D eigenvalue weighted by molar-refractivity contribution is 5.78. The fourth-order valence-electron chi connectivity index (χ4n) is 1.33. The Hall–Kier alpha value is -1.30. The lowest BCUT2D eigenvalue weighted by atomic mass is 10.3. The minimum absolute atomic E-state index is 0.0670. The molecule has 18 heavy (non-hydrogen) atoms. The van der Waals surface area contributed by atoms with Crippen LogP contribution in [-0.2, 0) is 14.3 Å². The van der Waals surface area contributed by atoms with Crippen molar-refractivity contribution in [2.45, 2.75) is 45.8 Å². The highest BCUT2D eigenvalue weighted by Crippen LogP contribution is 1.97. The predicted octanol–water partition coefficient (Wildman–Crippen LogP) is 0.657. The molecule has 0 aromatic carbocycles. The van der Waals surface area contributed by atoms with E-state index in [0.717, 1.165) is 0 Å². The minimum Gasteiger partial charge on any atom is -0.463 e. The van der Waals surface area contributed by atoms with E-state index in [1.165, 1.54) is 0 Å². The number of carbonyl (C=O) groups is 1. The van der Waals surface area contributed by atoms with Crippen molar-refractivity contribution < 1.29 is 14.3 Å². The van der Waals surface area contributed by atoms with E-state index < -0.39 is 0 Å². The number of aliphatic imine (C=N–C) groups is 1. The SMILES string of the molecule is COCC(C)NC(N)=NCCCC(=O)OC(C)C. The van der Waals surface area contributed by atoms with Gasteiger partial charge in [0.25, 0.3) is 0 Å². The van der Waals surface area contributed by atoms with Crippen LogP contribution >= 0.6 is 0 Å². The minimum atomic E-state index is -0.195. The van der Waals surface area contributed by atoms with Crippen molar-refractivity contribution in [2.24, 2.45) is 10.7 Å². The van der Waals surface area contributed by atoms with Crippen molar-refractivity contribution in [3.8, 4) is 0 Å². The average molecular weight is 259 g/mol. The van der Waals surface area contributed by atoms with Gasteiger partial charge >= 0.3 is 5.97 Å². The summed E-state index contributed by atoms with van der Waals surface area (Å²) in [5, 5.41) is 2.99. The van der Waals surface area contributed by atoms with E-state index in [1.807, 2.05) is 20.8 Å². The van der Waals surface area contributed by atoms with Crippen LogP contribution in [0.1, 0.15) is 33.6 Å². The molecule has 0 amide bonds. The number of nitrogens with two attached hydrogens (primary N) is 1. The zero-order chi connectivity index (χ0) is 14.0. The Kier molecular flexibility index (Phi) is 9.00. The number of rotatable bonds is 8. The van der Waals surface area contributed by atoms with Crippen LogP contribution in [0.5, 0.6) is 0 Å². The third-order valence-electron chi connectivity index (χ3n) is 2.00. The Morgan fingerprint density at radius 3 is 2.61 bits per heavy atom. The van der Waals surface area contributed by atoms with Gasteiger partial charge in [0.2, 0.25) is 0 Å². The molecule has 0 bridgehead atoms. The van der Waals surface area contributed by atoms with Gasteiger partial charge in [-0.1, -0.05) is 0 Å². The topological polar surface area (TPSA) is 85.9 Å². The summed E-state index contributed by atoms with van der Waals surface area (Å²) in [6.07, 6.45) is 0.928. The molecule has 0 saturated heterocycles. The molecule has 0 saturated carbocycles. The molecule has 0 rings (SSSR count). The van der Waals surface area contributed by atoms with Gasteiger partial charge in [0.1, 0.15) is 0 Å². The van der Waals surface area contributed by atoms with Crippen LogP contribution in [0.25, 0.3) is 0 Å². The summed E-state index contributed by atoms with van der Waals surface area (Å²) >= 11 is 0. The Morgan fingerprint density at radius 2 is 2.06 bits per heavy atom. The number of ether oxygens (including phenoxy) is 2. The second kappa shape index (κ2) is 9.70. The largest absolute Gasteiger partial charge is 0.463 e. The number of hydrogen-bond acceptors (Lipinski definition) is 4. The number of carbonyl (C=O) groups excluding carboxylic acids is 1. The summed E-state index contributed by atoms with van der Waals surface area (Å²) < 4.78 is 9.97. The summed E-state index contributed by atoms with van der Waals surface area (Å²) in [4.78, 5) is 15.3. The molecule has 0 fully saturated rings. The fourth-order valence-corrected chi connectivity index (χ4v) is 1.33. The van der Waals surface area contributed by atoms with Crippen molar-refractivity contribution in [1.82, 2.24) is 5.32 Å². The van der Waals surface area contributed by atoms with Gasteiger partial charge in [-0.2, -0.15) is 0 Å². The Morgan fingerprint density at radius 1 is 1.39 bits per heavy atom. The lowest BCUT2D eigenvalue weighted by molar-refractivity contribution is -0.147. The summed E-state index contributed by atoms with van der Waals surface area (Å²) in [6, 6.07) is 0.115. The second-order valence-electron chi connectivity index (χ2n) is 4.41. The van der Waals surface area contributed by atoms with Crippen LogP contribution in [0.15, 0.2) is 4.99 Å². The highest BCUT2D eigenvalue weighted by atomic mass is 16.5. The zero-order valence-electron chi connectivity index (χ0n) is 11.7. The van der Waals surface area contributed by atoms with Crippen LogP contribution < -0.4 is 11.1 Å². The van der Waals surface area contributed by atoms with Crippen LogP contribution in [0, 0.1) is 0 Å². The second-order valence-corrected chi connectivity index (χ2v) is 4.41. The van der Waals surface area contributed by atoms with Crippen molar-refractivity contribution in [2.75, 3.05) is 20.3 Å². The number of nitrogens with zero attached hydrogens (tertiary/aromatic N) is 1. The molecule has 0 heterocycles. The molecule has 1 unspecified atom stereocenters. The molecular formula is C12H25N3O3. The van der Waals surface area contributed by atoms with Crippen molar-refractivity contribution >= 4 is 11.9 Å². The summed E-state index contributed by atoms with van der Waals surface area (Å²) in [6.45, 7) is 6.68. The molecular weight excluding hydrogens is 234 g/mol. The van der Waals surface area contributed by atoms with E-state index in [1.54, 1.807) is 7.11 Å². The third-order valence-corrected chi connectivity index (χ3v) is 2.00. The number of methoxy groups -OCH3 is 1. The third kappa shape index (κ3) is 9.89. The number of hydrogen-bond donors (Lipinski definition) is 2. The quantitative estimate of drug-likeness (QED) is 0.289. The predicted molar refractivity (Wildman–Crippen MR) is 71.4 cm³/mol. The van der Waals surface area contributed by atoms with Crippen molar-refractivity contribution in [1.29, 1.82) is 0 Å². The first-order valence-electron chi connectivity index (χ1n) is 6.20. The van der Waals surface area contributed by atoms with Gasteiger partial charge in [-0.25, -0.2) is 0 Å². The molecule has 106 valence electrons. The first kappa shape index (κ1) is 16.7. The molecule has 0 spiro atoms. The molecule has 0 aliphatic carbocycles. The first-order chi connectivity index (χ1) is 8.45. The maximum atomic E-state index is 11.2. The smallest absolute Gasteiger partial charge is 0.306 e. The standard InChI is InChI=1S/C12H25N3O3/c1-9(2)18-11(16)6-5-7-14-12(13)15-10(3)8-17-4/h9-10H,5-8H2,1-4H3,(H3,13,14,15). The van der Waals surface area contributed by atoms with Gasteiger partial charge in [-0.05, 0) is 27.2 Å². The molecule has 1 atom stereocenters. The molecule has 3 N–H and O–H groups in total. The van der Waals surface area contributed by atoms with Gasteiger partial charge in [0.05, 0.1) is 12.7 Å². The maximum absolute atomic E-state index is 11.2. The molecule has 0 aromatic rings. The first-order valence-corrected chi connectivity index (χ1v) is 6.20. The van der Waals surface area contributed by atoms with E-state index in [-0.39, 0.29) is 18.1 Å². The average Bonchev–Trinajstić information content (AvgIpc) is 2.23. The molecule has 0 aliphatic rings. The summed E-state index contributed by atoms with van der Waals surface area (Å²) in [7, 11) is 1.63. The van der Waals surface area contributed by atoms with Crippen LogP contribution in [0.2, 0.25) is 0 Å². The van der Waals surface area contributed by atoms with E-state index >= 15 is 0 Å². The van der Waals surface area contributed by atoms with E-state index in [0.29, 0.717) is 32.0 Å². The molecule has 6 nitrogen and oxygen atoms in total. The van der Waals surface area contributed by atoms with Gasteiger partial charge in [-0.3, -0.25) is 9.79 Å². The summed E-state index contributed by atoms with van der Waals surface area (Å²) in [5.74, 6) is 0.177. The molecule has 0 aromatic heterocycles. The Bertz CT molecular complexity index is 267. The zero-order valence-corrected chi connectivity index (χ0v) is 11.7. The molecule has 0 radical (unpaired) electrons. The molecule has 6 heteroatoms. The summed E-state index contributed by atoms with van der Waals surface area (Å²) in [5.41, 5.74) is 5.67. The van der Waals surface area contributed by atoms with E-state index in [9.17, 15) is 4.79 Å². The van der Waals surface area contributed by atoms with Crippen LogP contribution in [-0.4, -0.2) is 44.3 Å². The van der Waals surface area contributed by atoms with Crippen LogP contribution in [0.3, 0.4) is 0 Å². The van der Waals surface area contributed by atoms with E-state index in [4.69, 9.17) is 15.2 Å². The Balaban J connectivity index is 3.71. The van der Waals surface area contributed by atoms with Gasteiger partial charge < -0.3 is 20.5 Å². The monoisotopic (exact) mass is 259 g/mol. The lowest BCUT2D eigenvalue weighted by Crippen LogP contribution is -2.40. The number of guanidine groups is 1. The highest BCUT2D eigenvalue weighted by Gasteiger charge is 2.05. The van der Waals surface area contributed by atoms with Gasteiger partial charge in [0, 0.05) is 26.1 Å². The van der Waals surface area contributed by atoms with Crippen molar-refractivity contribution in [3.63, 3.8) is 0 Å². The fraction of sp³-hybridized carbons (Fsp3) is 0.833. The number of esters is 1. The van der Waals surface area contributed by atoms with Gasteiger partial charge in [-0.15, -0.1) is 0 Å². The van der Waals surface area contributed by atoms with E-state index in [2.05, 4.69) is 10.3 Å². The maximum Gasteiger partial charge on any atom is 0.306 e. The van der Waals surface area contributed by atoms with Crippen molar-refractivity contribution in [3.05, 3.63) is 0 Å². The lowest BCUT2D eigenvalue weighted by Gasteiger charge is -2.13. The van der Waals surface area contributed by atoms with Crippen LogP contribution in [0.4, 0.5) is 0 Å². The Labute approximate surface area is 109 Å². The number of nitrogens with one attached hydrogen (secondary N) is 1. The normalized spacial score (nSPS) is 13.5. The van der Waals surface area contributed by atoms with Gasteiger partial charge in [0.15, 0.2) is 5.96 Å². The molecule has 0 aliphatic heterocycles.